The molecular formula is C14H16F5NO. The fourth-order valence-electron chi connectivity index (χ4n) is 1.81. The van der Waals surface area contributed by atoms with E-state index in [4.69, 9.17) is 0 Å². The van der Waals surface area contributed by atoms with E-state index in [-0.39, 0.29) is 11.5 Å². The standard InChI is InChI=1S/C14H16F5NO/c1-8(20(4)9(2)21)10-5-11(13(3,15)16)7-12(6-10)14(17,18)19/h5-8H,1-4H3. The van der Waals surface area contributed by atoms with Gasteiger partial charge in [-0.2, -0.15) is 13.2 Å². The second kappa shape index (κ2) is 5.61. The zero-order valence-electron chi connectivity index (χ0n) is 12.1. The molecule has 0 aromatic heterocycles. The number of hydrogen-bond acceptors (Lipinski definition) is 1. The maximum atomic E-state index is 13.4. The summed E-state index contributed by atoms with van der Waals surface area (Å²) >= 11 is 0. The van der Waals surface area contributed by atoms with Gasteiger partial charge in [0.05, 0.1) is 11.6 Å². The summed E-state index contributed by atoms with van der Waals surface area (Å²) in [5.41, 5.74) is -1.87. The smallest absolute Gasteiger partial charge is 0.339 e. The molecule has 118 valence electrons. The van der Waals surface area contributed by atoms with E-state index in [0.29, 0.717) is 13.0 Å². The van der Waals surface area contributed by atoms with Gasteiger partial charge in [0, 0.05) is 26.5 Å². The highest BCUT2D eigenvalue weighted by Gasteiger charge is 2.35. The Morgan fingerprint density at radius 2 is 1.57 bits per heavy atom. The highest BCUT2D eigenvalue weighted by atomic mass is 19.4. The fourth-order valence-corrected chi connectivity index (χ4v) is 1.81. The predicted octanol–water partition coefficient (Wildman–Crippen LogP) is 4.36. The van der Waals surface area contributed by atoms with Gasteiger partial charge in [-0.25, -0.2) is 8.78 Å². The van der Waals surface area contributed by atoms with E-state index in [2.05, 4.69) is 0 Å². The number of rotatable bonds is 3. The number of nitrogens with zero attached hydrogens (tertiary/aromatic N) is 1. The summed E-state index contributed by atoms with van der Waals surface area (Å²) < 4.78 is 65.3. The Balaban J connectivity index is 3.42. The average Bonchev–Trinajstić information content (AvgIpc) is 2.34. The molecule has 0 saturated heterocycles. The zero-order chi connectivity index (χ0) is 16.6. The van der Waals surface area contributed by atoms with Crippen LogP contribution in [0.15, 0.2) is 18.2 Å². The minimum atomic E-state index is -4.73. The number of carbonyl (C=O) groups excluding carboxylic acids is 1. The lowest BCUT2D eigenvalue weighted by Crippen LogP contribution is -2.27. The SMILES string of the molecule is CC(=O)N(C)C(C)c1cc(C(C)(F)F)cc(C(F)(F)F)c1. The molecule has 0 aliphatic carbocycles. The van der Waals surface area contributed by atoms with Crippen molar-refractivity contribution in [2.24, 2.45) is 0 Å². The van der Waals surface area contributed by atoms with E-state index in [1.165, 1.54) is 25.8 Å². The van der Waals surface area contributed by atoms with E-state index < -0.39 is 29.3 Å². The Labute approximate surface area is 119 Å². The molecular weight excluding hydrogens is 293 g/mol. The molecule has 1 amide bonds. The van der Waals surface area contributed by atoms with Gasteiger partial charge in [0.1, 0.15) is 0 Å². The maximum Gasteiger partial charge on any atom is 0.416 e. The molecule has 0 N–H and O–H groups in total. The van der Waals surface area contributed by atoms with Gasteiger partial charge in [0.2, 0.25) is 5.91 Å². The molecule has 0 spiro atoms. The fraction of sp³-hybridized carbons (Fsp3) is 0.500. The summed E-state index contributed by atoms with van der Waals surface area (Å²) in [5.74, 6) is -3.77. The van der Waals surface area contributed by atoms with Crippen LogP contribution in [0.2, 0.25) is 0 Å². The molecule has 0 aliphatic heterocycles. The number of amides is 1. The Morgan fingerprint density at radius 1 is 1.10 bits per heavy atom. The first kappa shape index (κ1) is 17.4. The first-order chi connectivity index (χ1) is 9.34. The van der Waals surface area contributed by atoms with Gasteiger partial charge < -0.3 is 4.90 Å². The van der Waals surface area contributed by atoms with Crippen LogP contribution < -0.4 is 0 Å². The van der Waals surface area contributed by atoms with Crippen molar-refractivity contribution in [1.82, 2.24) is 4.90 Å². The van der Waals surface area contributed by atoms with Gasteiger partial charge in [-0.05, 0) is 30.7 Å². The normalized spacial score (nSPS) is 14.0. The van der Waals surface area contributed by atoms with E-state index in [1.54, 1.807) is 0 Å². The molecule has 0 aliphatic rings. The van der Waals surface area contributed by atoms with Gasteiger partial charge in [-0.15, -0.1) is 0 Å². The molecule has 0 radical (unpaired) electrons. The molecule has 7 heteroatoms. The molecule has 0 saturated carbocycles. The molecule has 1 atom stereocenters. The van der Waals surface area contributed by atoms with Crippen LogP contribution in [0.25, 0.3) is 0 Å². The van der Waals surface area contributed by atoms with Crippen molar-refractivity contribution >= 4 is 5.91 Å². The van der Waals surface area contributed by atoms with Crippen LogP contribution in [-0.2, 0) is 16.9 Å². The van der Waals surface area contributed by atoms with Crippen LogP contribution in [0.4, 0.5) is 22.0 Å². The van der Waals surface area contributed by atoms with E-state index in [9.17, 15) is 26.7 Å². The summed E-state index contributed by atoms with van der Waals surface area (Å²) in [7, 11) is 1.40. The summed E-state index contributed by atoms with van der Waals surface area (Å²) in [6.45, 7) is 3.26. The second-order valence-electron chi connectivity index (χ2n) is 5.04. The Hall–Kier alpha value is -1.66. The van der Waals surface area contributed by atoms with Gasteiger partial charge in [-0.1, -0.05) is 0 Å². The van der Waals surface area contributed by atoms with Crippen molar-refractivity contribution in [3.05, 3.63) is 34.9 Å². The van der Waals surface area contributed by atoms with Crippen molar-refractivity contribution < 1.29 is 26.7 Å². The second-order valence-corrected chi connectivity index (χ2v) is 5.04. The first-order valence-electron chi connectivity index (χ1n) is 6.18. The quantitative estimate of drug-likeness (QED) is 0.760. The molecule has 1 aromatic carbocycles. The number of carbonyl (C=O) groups is 1. The topological polar surface area (TPSA) is 20.3 Å². The van der Waals surface area contributed by atoms with Crippen LogP contribution in [-0.4, -0.2) is 17.9 Å². The van der Waals surface area contributed by atoms with Crippen LogP contribution in [0, 0.1) is 0 Å². The number of hydrogen-bond donors (Lipinski definition) is 0. The monoisotopic (exact) mass is 309 g/mol. The predicted molar refractivity (Wildman–Crippen MR) is 67.9 cm³/mol. The molecule has 0 fully saturated rings. The third kappa shape index (κ3) is 4.15. The molecule has 1 aromatic rings. The molecule has 21 heavy (non-hydrogen) atoms. The third-order valence-corrected chi connectivity index (χ3v) is 3.35. The van der Waals surface area contributed by atoms with Gasteiger partial charge in [-0.3, -0.25) is 4.79 Å². The van der Waals surface area contributed by atoms with Crippen molar-refractivity contribution in [1.29, 1.82) is 0 Å². The molecule has 1 rings (SSSR count). The minimum Gasteiger partial charge on any atom is -0.339 e. The molecule has 2 nitrogen and oxygen atoms in total. The third-order valence-electron chi connectivity index (χ3n) is 3.35. The lowest BCUT2D eigenvalue weighted by atomic mass is 9.97. The average molecular weight is 309 g/mol. The Morgan fingerprint density at radius 3 is 1.95 bits per heavy atom. The van der Waals surface area contributed by atoms with Crippen LogP contribution >= 0.6 is 0 Å². The van der Waals surface area contributed by atoms with Crippen molar-refractivity contribution in [3.63, 3.8) is 0 Å². The van der Waals surface area contributed by atoms with Crippen LogP contribution in [0.5, 0.6) is 0 Å². The lowest BCUT2D eigenvalue weighted by Gasteiger charge is -2.26. The number of benzene rings is 1. The molecule has 1 unspecified atom stereocenters. The number of halogens is 5. The lowest BCUT2D eigenvalue weighted by molar-refractivity contribution is -0.137. The summed E-state index contributed by atoms with van der Waals surface area (Å²) in [6, 6.07) is 1.48. The summed E-state index contributed by atoms with van der Waals surface area (Å²) in [5, 5.41) is 0. The van der Waals surface area contributed by atoms with Gasteiger partial charge in [0.15, 0.2) is 0 Å². The zero-order valence-corrected chi connectivity index (χ0v) is 12.1. The first-order valence-corrected chi connectivity index (χ1v) is 6.18. The molecule has 0 bridgehead atoms. The molecule has 0 heterocycles. The van der Waals surface area contributed by atoms with E-state index in [0.717, 1.165) is 12.1 Å². The summed E-state index contributed by atoms with van der Waals surface area (Å²) in [4.78, 5) is 12.5. The Kier molecular flexibility index (Phi) is 4.65. The number of alkyl halides is 5. The maximum absolute atomic E-state index is 13.4. The van der Waals surface area contributed by atoms with Crippen molar-refractivity contribution in [3.8, 4) is 0 Å². The van der Waals surface area contributed by atoms with Crippen molar-refractivity contribution in [2.45, 2.75) is 38.9 Å². The van der Waals surface area contributed by atoms with E-state index >= 15 is 0 Å². The largest absolute Gasteiger partial charge is 0.416 e. The summed E-state index contributed by atoms with van der Waals surface area (Å²) in [6.07, 6.45) is -4.73. The van der Waals surface area contributed by atoms with E-state index in [1.807, 2.05) is 0 Å². The minimum absolute atomic E-state index is 0.0130. The highest BCUT2D eigenvalue weighted by Crippen LogP contribution is 2.37. The van der Waals surface area contributed by atoms with Crippen LogP contribution in [0.1, 0.15) is 43.5 Å². The highest BCUT2D eigenvalue weighted by molar-refractivity contribution is 5.73. The Bertz CT molecular complexity index is 501. The van der Waals surface area contributed by atoms with Crippen molar-refractivity contribution in [2.75, 3.05) is 7.05 Å². The van der Waals surface area contributed by atoms with Gasteiger partial charge >= 0.3 is 6.18 Å². The van der Waals surface area contributed by atoms with Crippen LogP contribution in [0.3, 0.4) is 0 Å². The van der Waals surface area contributed by atoms with Gasteiger partial charge in [0.25, 0.3) is 5.92 Å².